The van der Waals surface area contributed by atoms with Gasteiger partial charge in [-0.1, -0.05) is 169 Å². The molecule has 3 rings (SSSR count). The fourth-order valence-electron chi connectivity index (χ4n) is 9.50. The molecule has 3 saturated heterocycles. The average Bonchev–Trinajstić information content (AvgIpc) is 3.48. The molecular formula is C62H103NO18. The number of unbranched alkanes of at least 4 members (excludes halogenated alkanes) is 10. The van der Waals surface area contributed by atoms with Gasteiger partial charge in [0, 0.05) is 6.42 Å². The van der Waals surface area contributed by atoms with Crippen molar-refractivity contribution in [1.29, 1.82) is 0 Å². The van der Waals surface area contributed by atoms with Crippen molar-refractivity contribution >= 4 is 5.91 Å². The first-order valence-electron chi connectivity index (χ1n) is 30.0. The van der Waals surface area contributed by atoms with E-state index in [9.17, 15) is 61.0 Å². The van der Waals surface area contributed by atoms with E-state index in [0.717, 1.165) is 116 Å². The normalized spacial score (nSPS) is 30.5. The lowest BCUT2D eigenvalue weighted by atomic mass is 9.96. The van der Waals surface area contributed by atoms with Gasteiger partial charge in [-0.2, -0.15) is 0 Å². The lowest BCUT2D eigenvalue weighted by molar-refractivity contribution is -0.379. The summed E-state index contributed by atoms with van der Waals surface area (Å²) < 4.78 is 34.1. The van der Waals surface area contributed by atoms with Crippen LogP contribution >= 0.6 is 0 Å². The van der Waals surface area contributed by atoms with Crippen molar-refractivity contribution < 1.29 is 89.4 Å². The largest absolute Gasteiger partial charge is 0.394 e. The number of rotatable bonds is 42. The van der Waals surface area contributed by atoms with Crippen LogP contribution in [0.1, 0.15) is 155 Å². The standard InChI is InChI=1S/C62H103NO18/c1-3-5-7-9-10-11-12-13-14-15-16-17-18-19-20-21-22-23-24-25-26-27-28-29-30-31-32-33-34-36-38-40-50(68)63-45(46(67)39-37-35-8-6-4-2)44-76-60-56(74)53(71)58(48(42-65)78-60)81-62-57(75)54(72)59(49(43-66)79-62)80-61-55(73)52(70)51(69)47(41-64)77-61/h5,7,10-11,13-14,16-17,19-20,22-23,25-26,28-29,45-49,51-62,64-67,69-75H,3-4,6,8-9,12,15,18,21,24,27,30-44H2,1-2H3,(H,63,68)/b7-5-,11-10-,14-13-,17-16-,20-19-,23-22-,26-25-,29-28-. The molecule has 0 spiro atoms. The number of carbonyl (C=O) groups excluding carboxylic acids is 1. The smallest absolute Gasteiger partial charge is 0.220 e. The summed E-state index contributed by atoms with van der Waals surface area (Å²) in [6, 6.07) is -0.898. The fraction of sp³-hybridized carbons (Fsp3) is 0.726. The van der Waals surface area contributed by atoms with Crippen LogP contribution in [0.5, 0.6) is 0 Å². The van der Waals surface area contributed by atoms with Crippen LogP contribution in [0.3, 0.4) is 0 Å². The van der Waals surface area contributed by atoms with Crippen molar-refractivity contribution in [1.82, 2.24) is 5.32 Å². The molecular weight excluding hydrogens is 1050 g/mol. The number of allylic oxidation sites excluding steroid dienone is 16. The van der Waals surface area contributed by atoms with E-state index in [0.29, 0.717) is 19.3 Å². The Hall–Kier alpha value is -3.29. The summed E-state index contributed by atoms with van der Waals surface area (Å²) in [6.07, 6.45) is 28.6. The summed E-state index contributed by atoms with van der Waals surface area (Å²) in [6.45, 7) is 1.52. The lowest BCUT2D eigenvalue weighted by Crippen LogP contribution is -2.66. The van der Waals surface area contributed by atoms with Gasteiger partial charge in [-0.05, 0) is 77.0 Å². The van der Waals surface area contributed by atoms with Crippen LogP contribution in [-0.4, -0.2) is 193 Å². The van der Waals surface area contributed by atoms with Crippen LogP contribution in [0.2, 0.25) is 0 Å². The highest BCUT2D eigenvalue weighted by molar-refractivity contribution is 5.76. The Bertz CT molecular complexity index is 1850. The Kier molecular flexibility index (Phi) is 39.3. The lowest BCUT2D eigenvalue weighted by Gasteiger charge is -2.48. The van der Waals surface area contributed by atoms with Gasteiger partial charge in [0.15, 0.2) is 18.9 Å². The Morgan fingerprint density at radius 1 is 0.457 bits per heavy atom. The van der Waals surface area contributed by atoms with Gasteiger partial charge in [0.1, 0.15) is 73.2 Å². The summed E-state index contributed by atoms with van der Waals surface area (Å²) in [7, 11) is 0. The van der Waals surface area contributed by atoms with Gasteiger partial charge in [0.2, 0.25) is 5.91 Å². The highest BCUT2D eigenvalue weighted by Crippen LogP contribution is 2.33. The van der Waals surface area contributed by atoms with Crippen molar-refractivity contribution in [3.63, 3.8) is 0 Å². The SMILES string of the molecule is CC/C=C\C/C=C\C/C=C\C/C=C\C/C=C\C/C=C\C/C=C\C/C=C\CCCCCCCCC(=O)NC(COC1OC(CO)C(OC2OC(CO)C(OC3OC(CO)C(O)C(O)C3O)C(O)C2O)C(O)C1O)C(O)CCCCCCC. The van der Waals surface area contributed by atoms with Crippen LogP contribution < -0.4 is 5.32 Å². The molecule has 17 atom stereocenters. The number of ether oxygens (including phenoxy) is 6. The van der Waals surface area contributed by atoms with E-state index in [1.54, 1.807) is 0 Å². The van der Waals surface area contributed by atoms with E-state index in [-0.39, 0.29) is 18.9 Å². The minimum atomic E-state index is -1.98. The van der Waals surface area contributed by atoms with Crippen LogP contribution in [0.25, 0.3) is 0 Å². The number of hydrogen-bond donors (Lipinski definition) is 12. The van der Waals surface area contributed by atoms with E-state index in [4.69, 9.17) is 28.4 Å². The van der Waals surface area contributed by atoms with E-state index in [1.807, 2.05) is 0 Å². The molecule has 19 nitrogen and oxygen atoms in total. The first-order chi connectivity index (χ1) is 39.3. The molecule has 0 bridgehead atoms. The Balaban J connectivity index is 1.35. The number of aliphatic hydroxyl groups is 11. The van der Waals surface area contributed by atoms with Crippen molar-refractivity contribution in [2.45, 2.75) is 259 Å². The molecule has 464 valence electrons. The summed E-state index contributed by atoms with van der Waals surface area (Å²) in [5.74, 6) is -0.271. The molecule has 81 heavy (non-hydrogen) atoms. The monoisotopic (exact) mass is 1150 g/mol. The van der Waals surface area contributed by atoms with E-state index in [1.165, 1.54) is 0 Å². The molecule has 0 radical (unpaired) electrons. The number of nitrogens with one attached hydrogen (secondary N) is 1. The molecule has 1 amide bonds. The van der Waals surface area contributed by atoms with Crippen molar-refractivity contribution in [2.75, 3.05) is 26.4 Å². The first-order valence-corrected chi connectivity index (χ1v) is 30.0. The molecule has 0 aromatic heterocycles. The third kappa shape index (κ3) is 28.0. The molecule has 3 aliphatic rings. The van der Waals surface area contributed by atoms with Gasteiger partial charge >= 0.3 is 0 Å². The van der Waals surface area contributed by atoms with Crippen molar-refractivity contribution in [2.24, 2.45) is 0 Å². The minimum Gasteiger partial charge on any atom is -0.394 e. The van der Waals surface area contributed by atoms with E-state index >= 15 is 0 Å². The Morgan fingerprint density at radius 3 is 1.33 bits per heavy atom. The van der Waals surface area contributed by atoms with Crippen LogP contribution in [0, 0.1) is 0 Å². The highest BCUT2D eigenvalue weighted by atomic mass is 16.8. The number of hydrogen-bond acceptors (Lipinski definition) is 18. The fourth-order valence-corrected chi connectivity index (χ4v) is 9.50. The molecule has 19 heteroatoms. The molecule has 0 aromatic rings. The quantitative estimate of drug-likeness (QED) is 0.0270. The van der Waals surface area contributed by atoms with Crippen LogP contribution in [-0.2, 0) is 33.2 Å². The number of amides is 1. The molecule has 0 aromatic carbocycles. The maximum absolute atomic E-state index is 13.2. The second-order valence-electron chi connectivity index (χ2n) is 21.1. The van der Waals surface area contributed by atoms with Gasteiger partial charge in [-0.25, -0.2) is 0 Å². The number of carbonyl (C=O) groups is 1. The second kappa shape index (κ2) is 44.2. The van der Waals surface area contributed by atoms with Crippen molar-refractivity contribution in [3.8, 4) is 0 Å². The van der Waals surface area contributed by atoms with Gasteiger partial charge in [-0.15, -0.1) is 0 Å². The van der Waals surface area contributed by atoms with Gasteiger partial charge < -0.3 is 89.9 Å². The molecule has 3 fully saturated rings. The van der Waals surface area contributed by atoms with Crippen LogP contribution in [0.15, 0.2) is 97.2 Å². The van der Waals surface area contributed by atoms with E-state index < -0.39 is 124 Å². The molecule has 12 N–H and O–H groups in total. The third-order valence-electron chi connectivity index (χ3n) is 14.4. The predicted molar refractivity (Wildman–Crippen MR) is 309 cm³/mol. The topological polar surface area (TPSA) is 307 Å². The molecule has 3 aliphatic heterocycles. The average molecular weight is 1150 g/mol. The summed E-state index contributed by atoms with van der Waals surface area (Å²) in [5.41, 5.74) is 0. The summed E-state index contributed by atoms with van der Waals surface area (Å²) >= 11 is 0. The summed E-state index contributed by atoms with van der Waals surface area (Å²) in [5, 5.41) is 120. The third-order valence-corrected chi connectivity index (χ3v) is 14.4. The molecule has 0 aliphatic carbocycles. The van der Waals surface area contributed by atoms with Gasteiger partial charge in [0.05, 0.1) is 38.6 Å². The van der Waals surface area contributed by atoms with Crippen LogP contribution in [0.4, 0.5) is 0 Å². The van der Waals surface area contributed by atoms with Gasteiger partial charge in [0.25, 0.3) is 0 Å². The Labute approximate surface area is 482 Å². The predicted octanol–water partition coefficient (Wildman–Crippen LogP) is 5.37. The zero-order valence-electron chi connectivity index (χ0n) is 48.2. The zero-order valence-corrected chi connectivity index (χ0v) is 48.2. The summed E-state index contributed by atoms with van der Waals surface area (Å²) in [4.78, 5) is 13.2. The molecule has 17 unspecified atom stereocenters. The first kappa shape index (κ1) is 72.0. The maximum atomic E-state index is 13.2. The highest BCUT2D eigenvalue weighted by Gasteiger charge is 2.53. The molecule has 0 saturated carbocycles. The Morgan fingerprint density at radius 2 is 0.852 bits per heavy atom. The van der Waals surface area contributed by atoms with Crippen molar-refractivity contribution in [3.05, 3.63) is 97.2 Å². The van der Waals surface area contributed by atoms with Gasteiger partial charge in [-0.3, -0.25) is 4.79 Å². The maximum Gasteiger partial charge on any atom is 0.220 e. The second-order valence-corrected chi connectivity index (χ2v) is 21.1. The zero-order chi connectivity index (χ0) is 59.0. The number of aliphatic hydroxyl groups excluding tert-OH is 11. The molecule has 3 heterocycles. The van der Waals surface area contributed by atoms with E-state index in [2.05, 4.69) is 116 Å². The minimum absolute atomic E-state index is 0.241.